The van der Waals surface area contributed by atoms with E-state index >= 15 is 0 Å². The summed E-state index contributed by atoms with van der Waals surface area (Å²) in [5.74, 6) is -4.60. The van der Waals surface area contributed by atoms with Gasteiger partial charge in [-0.25, -0.2) is 23.0 Å². The smallest absolute Gasteiger partial charge is 0.231 e. The lowest BCUT2D eigenvalue weighted by Gasteiger charge is -2.24. The predicted molar refractivity (Wildman–Crippen MR) is 47.3 cm³/mol. The van der Waals surface area contributed by atoms with Crippen molar-refractivity contribution in [2.24, 2.45) is 4.99 Å². The standard InChI is InChI=1S/C9H11F6NO/c1-2-3-6(16-5-17)4-8(11,12)7(10)9(13,14)15/h6-7H,2-4H2,1H3. The molecule has 2 nitrogen and oxygen atoms in total. The molecule has 0 aromatic carbocycles. The van der Waals surface area contributed by atoms with Crippen molar-refractivity contribution < 1.29 is 31.1 Å². The second-order valence-corrected chi connectivity index (χ2v) is 3.53. The minimum Gasteiger partial charge on any atom is -0.231 e. The monoisotopic (exact) mass is 263 g/mol. The lowest BCUT2D eigenvalue weighted by Crippen LogP contribution is -2.43. The molecular formula is C9H11F6NO. The average molecular weight is 263 g/mol. The number of halogens is 6. The second-order valence-electron chi connectivity index (χ2n) is 3.53. The van der Waals surface area contributed by atoms with E-state index in [1.807, 2.05) is 0 Å². The fraction of sp³-hybridized carbons (Fsp3) is 0.889. The molecule has 8 heteroatoms. The Kier molecular flexibility index (Phi) is 5.68. The van der Waals surface area contributed by atoms with Gasteiger partial charge in [0.05, 0.1) is 6.04 Å². The molecule has 0 N–H and O–H groups in total. The summed E-state index contributed by atoms with van der Waals surface area (Å²) >= 11 is 0. The normalized spacial score (nSPS) is 16.2. The molecular weight excluding hydrogens is 252 g/mol. The summed E-state index contributed by atoms with van der Waals surface area (Å²) in [5.41, 5.74) is 0. The van der Waals surface area contributed by atoms with Crippen LogP contribution in [0.1, 0.15) is 26.2 Å². The Bertz CT molecular complexity index is 284. The van der Waals surface area contributed by atoms with Gasteiger partial charge < -0.3 is 0 Å². The highest BCUT2D eigenvalue weighted by atomic mass is 19.4. The van der Waals surface area contributed by atoms with E-state index in [4.69, 9.17) is 0 Å². The molecule has 0 fully saturated rings. The highest BCUT2D eigenvalue weighted by molar-refractivity contribution is 5.33. The molecule has 0 aromatic heterocycles. The van der Waals surface area contributed by atoms with E-state index in [0.717, 1.165) is 6.08 Å². The third-order valence-electron chi connectivity index (χ3n) is 2.02. The lowest BCUT2D eigenvalue weighted by atomic mass is 10.0. The number of rotatable bonds is 6. The van der Waals surface area contributed by atoms with Crippen LogP contribution in [-0.4, -0.2) is 30.4 Å². The van der Waals surface area contributed by atoms with E-state index in [9.17, 15) is 31.1 Å². The van der Waals surface area contributed by atoms with Crippen molar-refractivity contribution in [3.8, 4) is 0 Å². The Balaban J connectivity index is 4.75. The fourth-order valence-corrected chi connectivity index (χ4v) is 1.28. The van der Waals surface area contributed by atoms with Gasteiger partial charge in [-0.05, 0) is 6.42 Å². The highest BCUT2D eigenvalue weighted by Gasteiger charge is 2.57. The van der Waals surface area contributed by atoms with Crippen molar-refractivity contribution in [3.05, 3.63) is 0 Å². The maximum absolute atomic E-state index is 12.9. The Morgan fingerprint density at radius 3 is 2.12 bits per heavy atom. The molecule has 0 aliphatic heterocycles. The van der Waals surface area contributed by atoms with Crippen LogP contribution in [-0.2, 0) is 4.79 Å². The zero-order chi connectivity index (χ0) is 13.7. The first kappa shape index (κ1) is 16.0. The highest BCUT2D eigenvalue weighted by Crippen LogP contribution is 2.38. The van der Waals surface area contributed by atoms with Crippen molar-refractivity contribution in [3.63, 3.8) is 0 Å². The molecule has 0 saturated heterocycles. The van der Waals surface area contributed by atoms with Crippen LogP contribution in [0.15, 0.2) is 4.99 Å². The predicted octanol–water partition coefficient (Wildman–Crippen LogP) is 3.42. The maximum Gasteiger partial charge on any atom is 0.425 e. The van der Waals surface area contributed by atoms with Gasteiger partial charge in [0.15, 0.2) is 0 Å². The van der Waals surface area contributed by atoms with Crippen molar-refractivity contribution >= 4 is 6.08 Å². The third kappa shape index (κ3) is 5.21. The molecule has 0 aliphatic carbocycles. The largest absolute Gasteiger partial charge is 0.425 e. The van der Waals surface area contributed by atoms with Crippen LogP contribution in [0.5, 0.6) is 0 Å². The summed E-state index contributed by atoms with van der Waals surface area (Å²) in [6, 6.07) is -1.35. The first-order valence-electron chi connectivity index (χ1n) is 4.80. The summed E-state index contributed by atoms with van der Waals surface area (Å²) in [5, 5.41) is 0. The Morgan fingerprint density at radius 2 is 1.76 bits per heavy atom. The number of isocyanates is 1. The van der Waals surface area contributed by atoms with Gasteiger partial charge in [-0.2, -0.15) is 13.2 Å². The molecule has 2 atom stereocenters. The van der Waals surface area contributed by atoms with Gasteiger partial charge in [0.2, 0.25) is 6.08 Å². The van der Waals surface area contributed by atoms with Crippen LogP contribution in [0, 0.1) is 0 Å². The van der Waals surface area contributed by atoms with Crippen molar-refractivity contribution in [2.45, 2.75) is 50.5 Å². The van der Waals surface area contributed by atoms with Crippen molar-refractivity contribution in [1.29, 1.82) is 0 Å². The molecule has 0 heterocycles. The quantitative estimate of drug-likeness (QED) is 0.410. The Hall–Kier alpha value is -1.04. The topological polar surface area (TPSA) is 29.4 Å². The van der Waals surface area contributed by atoms with Gasteiger partial charge in [-0.3, -0.25) is 0 Å². The summed E-state index contributed by atoms with van der Waals surface area (Å²) in [6.45, 7) is 1.57. The van der Waals surface area contributed by atoms with Crippen LogP contribution in [0.3, 0.4) is 0 Å². The van der Waals surface area contributed by atoms with Gasteiger partial charge in [0.25, 0.3) is 12.1 Å². The molecule has 0 aliphatic rings. The van der Waals surface area contributed by atoms with E-state index < -0.39 is 30.7 Å². The third-order valence-corrected chi connectivity index (χ3v) is 2.02. The number of hydrogen-bond acceptors (Lipinski definition) is 2. The molecule has 0 radical (unpaired) electrons. The summed E-state index contributed by atoms with van der Waals surface area (Å²) in [4.78, 5) is 12.8. The van der Waals surface area contributed by atoms with Crippen LogP contribution in [0.4, 0.5) is 26.3 Å². The van der Waals surface area contributed by atoms with Crippen LogP contribution in [0.25, 0.3) is 0 Å². The number of alkyl halides is 6. The van der Waals surface area contributed by atoms with Gasteiger partial charge in [-0.15, -0.1) is 0 Å². The van der Waals surface area contributed by atoms with Crippen molar-refractivity contribution in [1.82, 2.24) is 0 Å². The lowest BCUT2D eigenvalue weighted by molar-refractivity contribution is -0.246. The first-order valence-corrected chi connectivity index (χ1v) is 4.80. The maximum atomic E-state index is 12.9. The molecule has 0 amide bonds. The molecule has 100 valence electrons. The zero-order valence-corrected chi connectivity index (χ0v) is 8.90. The minimum atomic E-state index is -5.63. The first-order chi connectivity index (χ1) is 7.65. The van der Waals surface area contributed by atoms with Gasteiger partial charge in [-0.1, -0.05) is 13.3 Å². The summed E-state index contributed by atoms with van der Waals surface area (Å²) < 4.78 is 73.8. The zero-order valence-electron chi connectivity index (χ0n) is 8.90. The second kappa shape index (κ2) is 6.05. The molecule has 0 aromatic rings. The van der Waals surface area contributed by atoms with Crippen LogP contribution >= 0.6 is 0 Å². The Labute approximate surface area is 93.7 Å². The Morgan fingerprint density at radius 1 is 1.24 bits per heavy atom. The van der Waals surface area contributed by atoms with Crippen molar-refractivity contribution in [2.75, 3.05) is 0 Å². The van der Waals surface area contributed by atoms with Crippen LogP contribution in [0.2, 0.25) is 0 Å². The van der Waals surface area contributed by atoms with E-state index in [2.05, 4.69) is 4.99 Å². The van der Waals surface area contributed by atoms with E-state index in [-0.39, 0.29) is 6.42 Å². The van der Waals surface area contributed by atoms with E-state index in [1.165, 1.54) is 0 Å². The fourth-order valence-electron chi connectivity index (χ4n) is 1.28. The van der Waals surface area contributed by atoms with Crippen LogP contribution < -0.4 is 0 Å². The molecule has 0 saturated carbocycles. The SMILES string of the molecule is CCCC(CC(F)(F)C(F)C(F)(F)F)N=C=O. The summed E-state index contributed by atoms with van der Waals surface area (Å²) in [7, 11) is 0. The molecule has 0 rings (SSSR count). The van der Waals surface area contributed by atoms with E-state index in [0.29, 0.717) is 6.42 Å². The molecule has 17 heavy (non-hydrogen) atoms. The number of hydrogen-bond donors (Lipinski definition) is 0. The van der Waals surface area contributed by atoms with E-state index in [1.54, 1.807) is 6.92 Å². The summed E-state index contributed by atoms with van der Waals surface area (Å²) in [6.07, 6.45) is -10.1. The number of nitrogens with zero attached hydrogens (tertiary/aromatic N) is 1. The minimum absolute atomic E-state index is 0.0323. The number of carbonyl (C=O) groups excluding carboxylic acids is 1. The average Bonchev–Trinajstić information content (AvgIpc) is 2.15. The van der Waals surface area contributed by atoms with Gasteiger partial charge in [0.1, 0.15) is 0 Å². The molecule has 0 spiro atoms. The molecule has 0 bridgehead atoms. The number of aliphatic imine (C=N–C) groups is 1. The van der Waals surface area contributed by atoms with Gasteiger partial charge >= 0.3 is 6.18 Å². The van der Waals surface area contributed by atoms with Gasteiger partial charge in [0, 0.05) is 6.42 Å². The molecule has 2 unspecified atom stereocenters.